The summed E-state index contributed by atoms with van der Waals surface area (Å²) in [7, 11) is 0. The van der Waals surface area contributed by atoms with Crippen LogP contribution >= 0.6 is 11.8 Å². The van der Waals surface area contributed by atoms with E-state index in [1.54, 1.807) is 0 Å². The first-order chi connectivity index (χ1) is 9.10. The molecule has 0 saturated carbocycles. The Labute approximate surface area is 116 Å². The minimum Gasteiger partial charge on any atom is -0.481 e. The van der Waals surface area contributed by atoms with Crippen LogP contribution in [0.1, 0.15) is 18.2 Å². The zero-order chi connectivity index (χ0) is 13.8. The molecule has 0 aliphatic carbocycles. The number of aryl methyl sites for hydroxylation is 2. The Morgan fingerprint density at radius 2 is 2.26 bits per heavy atom. The number of rotatable bonds is 5. The van der Waals surface area contributed by atoms with Crippen molar-refractivity contribution in [2.75, 3.05) is 5.75 Å². The molecule has 0 saturated heterocycles. The normalized spacial score (nSPS) is 10.6. The third kappa shape index (κ3) is 3.38. The van der Waals surface area contributed by atoms with Gasteiger partial charge in [0.05, 0.1) is 11.4 Å². The van der Waals surface area contributed by atoms with E-state index in [9.17, 15) is 4.79 Å². The van der Waals surface area contributed by atoms with Crippen molar-refractivity contribution < 1.29 is 9.90 Å². The number of imidazole rings is 1. The molecule has 2 rings (SSSR count). The van der Waals surface area contributed by atoms with Crippen molar-refractivity contribution in [1.29, 1.82) is 0 Å². The van der Waals surface area contributed by atoms with Gasteiger partial charge in [-0.05, 0) is 31.0 Å². The summed E-state index contributed by atoms with van der Waals surface area (Å²) < 4.78 is 1.95. The number of carbonyl (C=O) groups is 1. The van der Waals surface area contributed by atoms with E-state index >= 15 is 0 Å². The first-order valence-corrected chi connectivity index (χ1v) is 7.08. The number of benzene rings is 1. The number of aliphatic carboxylic acids is 1. The van der Waals surface area contributed by atoms with Gasteiger partial charge in [-0.15, -0.1) is 0 Å². The Balaban J connectivity index is 2.34. The number of carboxylic acids is 1. The highest BCUT2D eigenvalue weighted by Gasteiger charge is 2.10. The molecular formula is C14H16N2O2S. The van der Waals surface area contributed by atoms with Crippen LogP contribution in [0.15, 0.2) is 35.6 Å². The average Bonchev–Trinajstić information content (AvgIpc) is 2.77. The lowest BCUT2D eigenvalue weighted by Crippen LogP contribution is -2.01. The lowest BCUT2D eigenvalue weighted by molar-refractivity contribution is -0.133. The van der Waals surface area contributed by atoms with E-state index < -0.39 is 5.97 Å². The van der Waals surface area contributed by atoms with Crippen molar-refractivity contribution in [1.82, 2.24) is 9.55 Å². The van der Waals surface area contributed by atoms with Gasteiger partial charge in [0.25, 0.3) is 0 Å². The summed E-state index contributed by atoms with van der Waals surface area (Å²) in [5.74, 6) is -0.816. The predicted molar refractivity (Wildman–Crippen MR) is 76.0 cm³/mol. The molecule has 0 radical (unpaired) electrons. The van der Waals surface area contributed by atoms with Crippen molar-refractivity contribution in [3.8, 4) is 5.69 Å². The summed E-state index contributed by atoms with van der Waals surface area (Å²) in [6.45, 7) is 4.02. The molecule has 1 N–H and O–H groups in total. The number of hydrogen-bond acceptors (Lipinski definition) is 3. The van der Waals surface area contributed by atoms with Crippen LogP contribution in [0.25, 0.3) is 5.69 Å². The summed E-state index contributed by atoms with van der Waals surface area (Å²) in [6.07, 6.45) is 2.90. The molecule has 0 aliphatic heterocycles. The standard InChI is InChI=1S/C14H16N2O2S/c1-3-11-5-4-6-12(7-11)16-8-10(2)15-14(16)19-9-13(17)18/h4-8H,3,9H2,1-2H3,(H,17,18). The van der Waals surface area contributed by atoms with Crippen LogP contribution < -0.4 is 0 Å². The number of hydrogen-bond donors (Lipinski definition) is 1. The van der Waals surface area contributed by atoms with Gasteiger partial charge in [0, 0.05) is 11.9 Å². The lowest BCUT2D eigenvalue weighted by Gasteiger charge is -2.08. The summed E-state index contributed by atoms with van der Waals surface area (Å²) >= 11 is 1.24. The molecule has 0 fully saturated rings. The topological polar surface area (TPSA) is 55.1 Å². The van der Waals surface area contributed by atoms with E-state index in [0.717, 1.165) is 17.8 Å². The summed E-state index contributed by atoms with van der Waals surface area (Å²) in [5, 5.41) is 9.48. The first-order valence-electron chi connectivity index (χ1n) is 6.10. The van der Waals surface area contributed by atoms with Gasteiger partial charge in [0.1, 0.15) is 0 Å². The highest BCUT2D eigenvalue weighted by Crippen LogP contribution is 2.22. The smallest absolute Gasteiger partial charge is 0.313 e. The maximum absolute atomic E-state index is 10.7. The lowest BCUT2D eigenvalue weighted by atomic mass is 10.1. The molecule has 0 bridgehead atoms. The fraction of sp³-hybridized carbons (Fsp3) is 0.286. The SMILES string of the molecule is CCc1cccc(-n2cc(C)nc2SCC(=O)O)c1. The molecule has 2 aromatic rings. The third-order valence-corrected chi connectivity index (χ3v) is 3.65. The molecule has 5 heteroatoms. The van der Waals surface area contributed by atoms with Gasteiger partial charge in [0.2, 0.25) is 0 Å². The van der Waals surface area contributed by atoms with Gasteiger partial charge in [-0.25, -0.2) is 4.98 Å². The van der Waals surface area contributed by atoms with E-state index in [0.29, 0.717) is 5.16 Å². The Morgan fingerprint density at radius 1 is 1.47 bits per heavy atom. The minimum absolute atomic E-state index is 0.0178. The van der Waals surface area contributed by atoms with Gasteiger partial charge in [0.15, 0.2) is 5.16 Å². The van der Waals surface area contributed by atoms with Gasteiger partial charge < -0.3 is 5.11 Å². The quantitative estimate of drug-likeness (QED) is 0.853. The van der Waals surface area contributed by atoms with Crippen LogP contribution in [-0.4, -0.2) is 26.4 Å². The van der Waals surface area contributed by atoms with Crippen LogP contribution in [0.2, 0.25) is 0 Å². The van der Waals surface area contributed by atoms with Crippen molar-refractivity contribution in [3.05, 3.63) is 41.7 Å². The zero-order valence-electron chi connectivity index (χ0n) is 11.0. The molecule has 0 atom stereocenters. The van der Waals surface area contributed by atoms with Crippen LogP contribution in [0, 0.1) is 6.92 Å². The Kier molecular flexibility index (Phi) is 4.27. The number of thioether (sulfide) groups is 1. The second-order valence-corrected chi connectivity index (χ2v) is 5.18. The molecule has 0 aliphatic rings. The molecule has 1 aromatic carbocycles. The minimum atomic E-state index is -0.834. The van der Waals surface area contributed by atoms with E-state index in [1.165, 1.54) is 17.3 Å². The van der Waals surface area contributed by atoms with Crippen molar-refractivity contribution >= 4 is 17.7 Å². The van der Waals surface area contributed by atoms with Crippen molar-refractivity contribution in [3.63, 3.8) is 0 Å². The van der Waals surface area contributed by atoms with Gasteiger partial charge in [-0.3, -0.25) is 9.36 Å². The van der Waals surface area contributed by atoms with Gasteiger partial charge in [-0.2, -0.15) is 0 Å². The number of nitrogens with zero attached hydrogens (tertiary/aromatic N) is 2. The third-order valence-electron chi connectivity index (χ3n) is 2.72. The molecule has 100 valence electrons. The van der Waals surface area contributed by atoms with Crippen LogP contribution in [0.3, 0.4) is 0 Å². The highest BCUT2D eigenvalue weighted by atomic mass is 32.2. The Hall–Kier alpha value is -1.75. The van der Waals surface area contributed by atoms with E-state index in [2.05, 4.69) is 24.0 Å². The molecule has 1 heterocycles. The van der Waals surface area contributed by atoms with Crippen molar-refractivity contribution in [2.24, 2.45) is 0 Å². The molecule has 19 heavy (non-hydrogen) atoms. The van der Waals surface area contributed by atoms with Gasteiger partial charge in [-0.1, -0.05) is 30.8 Å². The molecular weight excluding hydrogens is 260 g/mol. The predicted octanol–water partition coefficient (Wildman–Crippen LogP) is 2.92. The maximum atomic E-state index is 10.7. The first kappa shape index (κ1) is 13.7. The molecule has 4 nitrogen and oxygen atoms in total. The fourth-order valence-electron chi connectivity index (χ4n) is 1.81. The maximum Gasteiger partial charge on any atom is 0.313 e. The van der Waals surface area contributed by atoms with Crippen LogP contribution in [0.5, 0.6) is 0 Å². The molecule has 0 spiro atoms. The average molecular weight is 276 g/mol. The summed E-state index contributed by atoms with van der Waals surface area (Å²) in [6, 6.07) is 8.20. The Morgan fingerprint density at radius 3 is 2.95 bits per heavy atom. The number of aromatic nitrogens is 2. The van der Waals surface area contributed by atoms with Crippen LogP contribution in [0.4, 0.5) is 0 Å². The second kappa shape index (κ2) is 5.93. The summed E-state index contributed by atoms with van der Waals surface area (Å²) in [5.41, 5.74) is 3.15. The largest absolute Gasteiger partial charge is 0.481 e. The van der Waals surface area contributed by atoms with Crippen LogP contribution in [-0.2, 0) is 11.2 Å². The van der Waals surface area contributed by atoms with E-state index in [1.807, 2.05) is 29.8 Å². The monoisotopic (exact) mass is 276 g/mol. The zero-order valence-corrected chi connectivity index (χ0v) is 11.8. The Bertz CT molecular complexity index is 593. The molecule has 1 aromatic heterocycles. The van der Waals surface area contributed by atoms with E-state index in [4.69, 9.17) is 5.11 Å². The molecule has 0 amide bonds. The van der Waals surface area contributed by atoms with Gasteiger partial charge >= 0.3 is 5.97 Å². The summed E-state index contributed by atoms with van der Waals surface area (Å²) in [4.78, 5) is 15.0. The fourth-order valence-corrected chi connectivity index (χ4v) is 2.57. The second-order valence-electron chi connectivity index (χ2n) is 4.24. The van der Waals surface area contributed by atoms with E-state index in [-0.39, 0.29) is 5.75 Å². The molecule has 0 unspecified atom stereocenters. The van der Waals surface area contributed by atoms with Crippen molar-refractivity contribution in [2.45, 2.75) is 25.4 Å². The highest BCUT2D eigenvalue weighted by molar-refractivity contribution is 7.99. The number of carboxylic acid groups (broad SMARTS) is 1.